The van der Waals surface area contributed by atoms with E-state index in [-0.39, 0.29) is 5.91 Å². The number of rotatable bonds is 3. The highest BCUT2D eigenvalue weighted by Crippen LogP contribution is 2.29. The van der Waals surface area contributed by atoms with Crippen LogP contribution in [0.25, 0.3) is 0 Å². The number of benzene rings is 1. The molecule has 0 atom stereocenters. The number of fused-ring (bicyclic) bond motifs is 1. The van der Waals surface area contributed by atoms with Gasteiger partial charge in [-0.25, -0.2) is 0 Å². The van der Waals surface area contributed by atoms with Crippen LogP contribution in [0.2, 0.25) is 0 Å². The number of likely N-dealkylation sites (tertiary alicyclic amines) is 1. The number of hydrogen-bond acceptors (Lipinski definition) is 2. The monoisotopic (exact) mass is 259 g/mol. The zero-order valence-corrected chi connectivity index (χ0v) is 11.5. The van der Waals surface area contributed by atoms with Crippen LogP contribution in [0.3, 0.4) is 0 Å². The van der Waals surface area contributed by atoms with Gasteiger partial charge in [-0.3, -0.25) is 4.79 Å². The van der Waals surface area contributed by atoms with Gasteiger partial charge in [0, 0.05) is 5.56 Å². The van der Waals surface area contributed by atoms with Gasteiger partial charge >= 0.3 is 0 Å². The van der Waals surface area contributed by atoms with Crippen molar-refractivity contribution < 1.29 is 9.90 Å². The molecule has 1 heterocycles. The first-order valence-electron chi connectivity index (χ1n) is 7.25. The van der Waals surface area contributed by atoms with Crippen LogP contribution in [-0.2, 0) is 12.8 Å². The van der Waals surface area contributed by atoms with Crippen molar-refractivity contribution in [2.45, 2.75) is 44.6 Å². The lowest BCUT2D eigenvalue weighted by molar-refractivity contribution is -0.0860. The third kappa shape index (κ3) is 2.27. The lowest BCUT2D eigenvalue weighted by Crippen LogP contribution is -2.63. The highest BCUT2D eigenvalue weighted by Gasteiger charge is 2.42. The smallest absolute Gasteiger partial charge is 0.254 e. The molecule has 0 aromatic heterocycles. The van der Waals surface area contributed by atoms with E-state index in [0.717, 1.165) is 31.2 Å². The van der Waals surface area contributed by atoms with Gasteiger partial charge in [0.05, 0.1) is 18.7 Å². The largest absolute Gasteiger partial charge is 0.386 e. The summed E-state index contributed by atoms with van der Waals surface area (Å²) in [5.41, 5.74) is 2.86. The predicted molar refractivity (Wildman–Crippen MR) is 74.2 cm³/mol. The fourth-order valence-electron chi connectivity index (χ4n) is 3.32. The van der Waals surface area contributed by atoms with E-state index < -0.39 is 5.60 Å². The van der Waals surface area contributed by atoms with E-state index >= 15 is 0 Å². The molecule has 3 nitrogen and oxygen atoms in total. The van der Waals surface area contributed by atoms with E-state index in [1.807, 2.05) is 12.1 Å². The maximum atomic E-state index is 12.3. The second kappa shape index (κ2) is 4.64. The first-order valence-corrected chi connectivity index (χ1v) is 7.25. The Hall–Kier alpha value is -1.35. The summed E-state index contributed by atoms with van der Waals surface area (Å²) < 4.78 is 0. The lowest BCUT2D eigenvalue weighted by Gasteiger charge is -2.46. The van der Waals surface area contributed by atoms with Crippen LogP contribution in [0.1, 0.15) is 47.7 Å². The van der Waals surface area contributed by atoms with Crippen molar-refractivity contribution in [3.63, 3.8) is 0 Å². The molecule has 0 bridgehead atoms. The standard InChI is InChI=1S/C16H21NO2/c1-2-8-16(19)10-17(11-16)15(18)14-7-6-12-4-3-5-13(12)9-14/h6-7,9,19H,2-5,8,10-11H2,1H3. The van der Waals surface area contributed by atoms with Crippen LogP contribution in [-0.4, -0.2) is 34.6 Å². The van der Waals surface area contributed by atoms with Gasteiger partial charge in [-0.05, 0) is 48.9 Å². The molecular formula is C16H21NO2. The number of β-amino-alcohol motifs (C(OH)–C–C–N with tert-alkyl or cyclic N) is 1. The first kappa shape index (κ1) is 12.7. The van der Waals surface area contributed by atoms with E-state index in [9.17, 15) is 9.90 Å². The van der Waals surface area contributed by atoms with Crippen LogP contribution in [0.5, 0.6) is 0 Å². The number of nitrogens with zero attached hydrogens (tertiary/aromatic N) is 1. The molecule has 1 amide bonds. The topological polar surface area (TPSA) is 40.5 Å². The van der Waals surface area contributed by atoms with E-state index in [1.165, 1.54) is 17.5 Å². The normalized spacial score (nSPS) is 20.0. The highest BCUT2D eigenvalue weighted by molar-refractivity contribution is 5.95. The van der Waals surface area contributed by atoms with E-state index in [1.54, 1.807) is 4.90 Å². The van der Waals surface area contributed by atoms with Gasteiger partial charge < -0.3 is 10.0 Å². The van der Waals surface area contributed by atoms with Crippen LogP contribution >= 0.6 is 0 Å². The van der Waals surface area contributed by atoms with Gasteiger partial charge in [-0.2, -0.15) is 0 Å². The Balaban J connectivity index is 1.69. The first-order chi connectivity index (χ1) is 9.11. The fourth-order valence-corrected chi connectivity index (χ4v) is 3.32. The average Bonchev–Trinajstić information content (AvgIpc) is 2.82. The molecule has 1 aliphatic heterocycles. The van der Waals surface area contributed by atoms with Crippen LogP contribution in [0, 0.1) is 0 Å². The molecule has 0 unspecified atom stereocenters. The Bertz CT molecular complexity index is 503. The van der Waals surface area contributed by atoms with Gasteiger partial charge in [-0.15, -0.1) is 0 Å². The predicted octanol–water partition coefficient (Wildman–Crippen LogP) is 2.16. The highest BCUT2D eigenvalue weighted by atomic mass is 16.3. The molecule has 0 saturated carbocycles. The zero-order valence-electron chi connectivity index (χ0n) is 11.5. The minimum Gasteiger partial charge on any atom is -0.386 e. The van der Waals surface area contributed by atoms with E-state index in [2.05, 4.69) is 13.0 Å². The molecule has 19 heavy (non-hydrogen) atoms. The quantitative estimate of drug-likeness (QED) is 0.903. The SMILES string of the molecule is CCCC1(O)CN(C(=O)c2ccc3c(c2)CCC3)C1. The van der Waals surface area contributed by atoms with E-state index in [0.29, 0.717) is 13.1 Å². The van der Waals surface area contributed by atoms with Crippen LogP contribution in [0.15, 0.2) is 18.2 Å². The Morgan fingerprint density at radius 2 is 2.05 bits per heavy atom. The third-order valence-electron chi connectivity index (χ3n) is 4.32. The maximum absolute atomic E-state index is 12.3. The van der Waals surface area contributed by atoms with Crippen molar-refractivity contribution >= 4 is 5.91 Å². The molecule has 3 rings (SSSR count). The molecule has 1 saturated heterocycles. The van der Waals surface area contributed by atoms with Crippen molar-refractivity contribution in [3.05, 3.63) is 34.9 Å². The Morgan fingerprint density at radius 1 is 1.32 bits per heavy atom. The Morgan fingerprint density at radius 3 is 2.79 bits per heavy atom. The van der Waals surface area contributed by atoms with Crippen molar-refractivity contribution in [2.75, 3.05) is 13.1 Å². The van der Waals surface area contributed by atoms with Gasteiger partial charge in [0.2, 0.25) is 0 Å². The Kier molecular flexibility index (Phi) is 3.09. The summed E-state index contributed by atoms with van der Waals surface area (Å²) in [5, 5.41) is 10.1. The third-order valence-corrected chi connectivity index (χ3v) is 4.32. The number of carbonyl (C=O) groups is 1. The molecule has 102 valence electrons. The number of carbonyl (C=O) groups excluding carboxylic acids is 1. The fraction of sp³-hybridized carbons (Fsp3) is 0.562. The molecule has 1 aromatic carbocycles. The van der Waals surface area contributed by atoms with Crippen LogP contribution in [0.4, 0.5) is 0 Å². The molecule has 2 aliphatic rings. The van der Waals surface area contributed by atoms with Gasteiger partial charge in [0.1, 0.15) is 0 Å². The van der Waals surface area contributed by atoms with Gasteiger partial charge in [0.15, 0.2) is 0 Å². The molecule has 1 aromatic rings. The second-order valence-corrected chi connectivity index (χ2v) is 5.97. The molecule has 3 heteroatoms. The van der Waals surface area contributed by atoms with Crippen molar-refractivity contribution in [2.24, 2.45) is 0 Å². The number of aryl methyl sites for hydroxylation is 2. The summed E-state index contributed by atoms with van der Waals surface area (Å²) in [7, 11) is 0. The molecular weight excluding hydrogens is 238 g/mol. The number of aliphatic hydroxyl groups is 1. The lowest BCUT2D eigenvalue weighted by atomic mass is 9.88. The number of amides is 1. The summed E-state index contributed by atoms with van der Waals surface area (Å²) >= 11 is 0. The minimum absolute atomic E-state index is 0.0653. The zero-order chi connectivity index (χ0) is 13.5. The maximum Gasteiger partial charge on any atom is 0.254 e. The summed E-state index contributed by atoms with van der Waals surface area (Å²) in [6.07, 6.45) is 5.17. The van der Waals surface area contributed by atoms with Crippen molar-refractivity contribution in [3.8, 4) is 0 Å². The molecule has 0 radical (unpaired) electrons. The Labute approximate surface area is 114 Å². The minimum atomic E-state index is -0.638. The van der Waals surface area contributed by atoms with Crippen molar-refractivity contribution in [1.82, 2.24) is 4.90 Å². The molecule has 0 spiro atoms. The summed E-state index contributed by atoms with van der Waals surface area (Å²) in [5.74, 6) is 0.0653. The molecule has 1 aliphatic carbocycles. The number of hydrogen-bond donors (Lipinski definition) is 1. The summed E-state index contributed by atoms with van der Waals surface area (Å²) in [4.78, 5) is 14.1. The van der Waals surface area contributed by atoms with Crippen LogP contribution < -0.4 is 0 Å². The summed E-state index contributed by atoms with van der Waals surface area (Å²) in [6.45, 7) is 3.02. The van der Waals surface area contributed by atoms with Crippen molar-refractivity contribution in [1.29, 1.82) is 0 Å². The molecule has 1 fully saturated rings. The average molecular weight is 259 g/mol. The second-order valence-electron chi connectivity index (χ2n) is 5.97. The summed E-state index contributed by atoms with van der Waals surface area (Å²) in [6, 6.07) is 6.07. The van der Waals surface area contributed by atoms with E-state index in [4.69, 9.17) is 0 Å². The van der Waals surface area contributed by atoms with Gasteiger partial charge in [-0.1, -0.05) is 19.4 Å². The van der Waals surface area contributed by atoms with Gasteiger partial charge in [0.25, 0.3) is 5.91 Å². The molecule has 1 N–H and O–H groups in total.